The lowest BCUT2D eigenvalue weighted by molar-refractivity contribution is -0.142. The first-order valence-electron chi connectivity index (χ1n) is 14.4. The second kappa shape index (κ2) is 10.9. The van der Waals surface area contributed by atoms with Crippen molar-refractivity contribution in [3.05, 3.63) is 72.1 Å². The number of anilines is 1. The Hall–Kier alpha value is -3.17. The minimum atomic E-state index is -1.30. The van der Waals surface area contributed by atoms with Crippen molar-refractivity contribution >= 4 is 35.2 Å². The molecule has 1 aliphatic carbocycles. The van der Waals surface area contributed by atoms with E-state index in [2.05, 4.69) is 24.5 Å². The molecule has 1 spiro atoms. The molecule has 3 amide bonds. The lowest BCUT2D eigenvalue weighted by Crippen LogP contribution is -2.57. The maximum absolute atomic E-state index is 14.8. The molecule has 41 heavy (non-hydrogen) atoms. The van der Waals surface area contributed by atoms with Gasteiger partial charge in [0.15, 0.2) is 0 Å². The summed E-state index contributed by atoms with van der Waals surface area (Å²) < 4.78 is 21.2. The van der Waals surface area contributed by atoms with Crippen LogP contribution in [0.4, 0.5) is 10.1 Å². The first-order chi connectivity index (χ1) is 19.7. The number of nitrogens with zero attached hydrogens (tertiary/aromatic N) is 1. The van der Waals surface area contributed by atoms with Crippen LogP contribution in [0.25, 0.3) is 0 Å². The van der Waals surface area contributed by atoms with Gasteiger partial charge in [0.2, 0.25) is 17.7 Å². The standard InChI is InChI=1S/C32H36FN3O4S/c1-18-8-6-13-24(19(18)2)35-30(38)28-32-15-14-25(40-32)26(29(37)34-21-10-7-11-22(16-21)41-3)27(32)31(39)36(28)17-20-9-4-5-12-23(20)33/h4-5,7,9-12,14-16,18-19,24-28H,6,8,13,17H2,1-3H3,(H,34,37)(H,35,38)/t18-,19-,24-,25+,26-,27+,28+,32+/m1/s1. The number of fused-ring (bicyclic) bond motifs is 1. The Morgan fingerprint density at radius 3 is 2.71 bits per heavy atom. The van der Waals surface area contributed by atoms with E-state index in [0.29, 0.717) is 17.2 Å². The van der Waals surface area contributed by atoms with Crippen molar-refractivity contribution in [2.45, 2.75) is 68.3 Å². The molecule has 0 radical (unpaired) electrons. The second-order valence-corrected chi connectivity index (χ2v) is 12.7. The zero-order valence-electron chi connectivity index (χ0n) is 23.5. The van der Waals surface area contributed by atoms with Crippen molar-refractivity contribution in [1.29, 1.82) is 0 Å². The molecule has 2 saturated heterocycles. The quantitative estimate of drug-likeness (QED) is 0.366. The van der Waals surface area contributed by atoms with Crippen LogP contribution in [0.15, 0.2) is 65.6 Å². The highest BCUT2D eigenvalue weighted by atomic mass is 32.2. The first-order valence-corrected chi connectivity index (χ1v) is 15.6. The molecular formula is C32H36FN3O4S. The summed E-state index contributed by atoms with van der Waals surface area (Å²) in [6, 6.07) is 12.7. The number of hydrogen-bond acceptors (Lipinski definition) is 5. The molecule has 3 aliphatic heterocycles. The Bertz CT molecular complexity index is 1400. The predicted molar refractivity (Wildman–Crippen MR) is 155 cm³/mol. The van der Waals surface area contributed by atoms with Crippen LogP contribution in [-0.4, -0.2) is 52.7 Å². The van der Waals surface area contributed by atoms with Gasteiger partial charge in [-0.1, -0.05) is 63.1 Å². The van der Waals surface area contributed by atoms with Crippen LogP contribution < -0.4 is 10.6 Å². The largest absolute Gasteiger partial charge is 0.359 e. The summed E-state index contributed by atoms with van der Waals surface area (Å²) in [6.07, 6.45) is 7.91. The van der Waals surface area contributed by atoms with E-state index in [9.17, 15) is 18.8 Å². The number of amides is 3. The van der Waals surface area contributed by atoms with Gasteiger partial charge >= 0.3 is 0 Å². The number of carbonyl (C=O) groups is 3. The van der Waals surface area contributed by atoms with Gasteiger partial charge in [0.1, 0.15) is 17.5 Å². The second-order valence-electron chi connectivity index (χ2n) is 11.9. The molecule has 3 fully saturated rings. The van der Waals surface area contributed by atoms with Crippen molar-refractivity contribution in [2.75, 3.05) is 11.6 Å². The van der Waals surface area contributed by atoms with Gasteiger partial charge in [-0.05, 0) is 48.8 Å². The first kappa shape index (κ1) is 28.0. The average Bonchev–Trinajstić information content (AvgIpc) is 3.60. The topological polar surface area (TPSA) is 87.7 Å². The van der Waals surface area contributed by atoms with E-state index < -0.39 is 35.4 Å². The van der Waals surface area contributed by atoms with Crippen molar-refractivity contribution < 1.29 is 23.5 Å². The molecular weight excluding hydrogens is 541 g/mol. The minimum Gasteiger partial charge on any atom is -0.359 e. The molecule has 2 bridgehead atoms. The summed E-state index contributed by atoms with van der Waals surface area (Å²) in [6.45, 7) is 4.25. The number of hydrogen-bond donors (Lipinski definition) is 2. The zero-order chi connectivity index (χ0) is 28.9. The maximum Gasteiger partial charge on any atom is 0.246 e. The van der Waals surface area contributed by atoms with E-state index >= 15 is 0 Å². The predicted octanol–water partition coefficient (Wildman–Crippen LogP) is 4.78. The Labute approximate surface area is 244 Å². The number of likely N-dealkylation sites (tertiary alicyclic amines) is 1. The number of halogens is 1. The molecule has 7 nitrogen and oxygen atoms in total. The van der Waals surface area contributed by atoms with Crippen LogP contribution >= 0.6 is 11.8 Å². The van der Waals surface area contributed by atoms with Crippen molar-refractivity contribution in [1.82, 2.24) is 10.2 Å². The van der Waals surface area contributed by atoms with Crippen LogP contribution in [0.2, 0.25) is 0 Å². The molecule has 6 rings (SSSR count). The summed E-state index contributed by atoms with van der Waals surface area (Å²) >= 11 is 1.57. The van der Waals surface area contributed by atoms with Crippen LogP contribution in [0.3, 0.4) is 0 Å². The summed E-state index contributed by atoms with van der Waals surface area (Å²) in [5.74, 6) is -2.44. The number of carbonyl (C=O) groups excluding carboxylic acids is 3. The lowest BCUT2D eigenvalue weighted by Gasteiger charge is -2.38. The monoisotopic (exact) mass is 577 g/mol. The molecule has 2 N–H and O–H groups in total. The third kappa shape index (κ3) is 4.77. The molecule has 2 aromatic rings. The Morgan fingerprint density at radius 1 is 1.12 bits per heavy atom. The molecule has 1 saturated carbocycles. The smallest absolute Gasteiger partial charge is 0.246 e. The molecule has 9 heteroatoms. The highest BCUT2D eigenvalue weighted by Gasteiger charge is 2.72. The van der Waals surface area contributed by atoms with Gasteiger partial charge in [-0.2, -0.15) is 0 Å². The normalized spacial score (nSPS) is 33.6. The van der Waals surface area contributed by atoms with Crippen LogP contribution in [0.1, 0.15) is 38.7 Å². The van der Waals surface area contributed by atoms with Crippen LogP contribution in [0, 0.1) is 29.5 Å². The third-order valence-electron chi connectivity index (χ3n) is 9.60. The fraction of sp³-hybridized carbons (Fsp3) is 0.469. The summed E-state index contributed by atoms with van der Waals surface area (Å²) in [4.78, 5) is 44.5. The van der Waals surface area contributed by atoms with Gasteiger partial charge in [0, 0.05) is 28.7 Å². The average molecular weight is 578 g/mol. The molecule has 3 heterocycles. The van der Waals surface area contributed by atoms with Gasteiger partial charge in [-0.3, -0.25) is 14.4 Å². The van der Waals surface area contributed by atoms with E-state index in [4.69, 9.17) is 4.74 Å². The van der Waals surface area contributed by atoms with Gasteiger partial charge in [0.05, 0.1) is 17.9 Å². The summed E-state index contributed by atoms with van der Waals surface area (Å²) in [5, 5.41) is 6.21. The van der Waals surface area contributed by atoms with Crippen LogP contribution in [0.5, 0.6) is 0 Å². The van der Waals surface area contributed by atoms with E-state index in [1.54, 1.807) is 48.2 Å². The van der Waals surface area contributed by atoms with E-state index in [1.807, 2.05) is 24.5 Å². The molecule has 0 aromatic heterocycles. The molecule has 2 aromatic carbocycles. The van der Waals surface area contributed by atoms with Gasteiger partial charge < -0.3 is 20.3 Å². The van der Waals surface area contributed by atoms with E-state index in [1.165, 1.54) is 11.0 Å². The summed E-state index contributed by atoms with van der Waals surface area (Å²) in [7, 11) is 0. The Balaban J connectivity index is 1.33. The molecule has 216 valence electrons. The number of benzene rings is 2. The fourth-order valence-corrected chi connectivity index (χ4v) is 7.68. The minimum absolute atomic E-state index is 0.0301. The number of rotatable bonds is 7. The van der Waals surface area contributed by atoms with E-state index in [-0.39, 0.29) is 36.2 Å². The van der Waals surface area contributed by atoms with Crippen molar-refractivity contribution in [2.24, 2.45) is 23.7 Å². The summed E-state index contributed by atoms with van der Waals surface area (Å²) in [5.41, 5.74) is -0.363. The molecule has 8 atom stereocenters. The highest BCUT2D eigenvalue weighted by Crippen LogP contribution is 2.55. The number of thioether (sulfide) groups is 1. The molecule has 4 aliphatic rings. The number of nitrogens with one attached hydrogen (secondary N) is 2. The van der Waals surface area contributed by atoms with Gasteiger partial charge in [-0.15, -0.1) is 11.8 Å². The lowest BCUT2D eigenvalue weighted by atomic mass is 9.73. The number of ether oxygens (including phenoxy) is 1. The van der Waals surface area contributed by atoms with Gasteiger partial charge in [0.25, 0.3) is 0 Å². The zero-order valence-corrected chi connectivity index (χ0v) is 24.3. The van der Waals surface area contributed by atoms with Gasteiger partial charge in [-0.25, -0.2) is 4.39 Å². The highest BCUT2D eigenvalue weighted by molar-refractivity contribution is 7.98. The molecule has 0 unspecified atom stereocenters. The SMILES string of the molecule is CSc1cccc(NC(=O)[C@@H]2[C@@H]3C=C[C@]4(O3)[C@@H]2C(=O)N(Cc2ccccc2F)[C@H]4C(=O)N[C@@H]2CCC[C@@H](C)[C@H]2C)c1. The van der Waals surface area contributed by atoms with Crippen LogP contribution in [-0.2, 0) is 25.7 Å². The Morgan fingerprint density at radius 2 is 1.93 bits per heavy atom. The third-order valence-corrected chi connectivity index (χ3v) is 10.3. The maximum atomic E-state index is 14.8. The van der Waals surface area contributed by atoms with E-state index in [0.717, 1.165) is 24.2 Å². The fourth-order valence-electron chi connectivity index (χ4n) is 7.22. The van der Waals surface area contributed by atoms with Crippen molar-refractivity contribution in [3.63, 3.8) is 0 Å². The Kier molecular flexibility index (Phi) is 7.44. The van der Waals surface area contributed by atoms with Crippen molar-refractivity contribution in [3.8, 4) is 0 Å².